The molecule has 0 aliphatic carbocycles. The van der Waals surface area contributed by atoms with Gasteiger partial charge in [-0.2, -0.15) is 5.10 Å². The summed E-state index contributed by atoms with van der Waals surface area (Å²) in [6, 6.07) is 13.0. The number of fused-ring (bicyclic) bond motifs is 3. The number of aliphatic hydroxyl groups is 1. The van der Waals surface area contributed by atoms with Gasteiger partial charge < -0.3 is 21.2 Å². The van der Waals surface area contributed by atoms with Crippen LogP contribution >= 0.6 is 31.4 Å². The third-order valence-electron chi connectivity index (χ3n) is 15.5. The molecule has 3 fully saturated rings. The average Bonchev–Trinajstić information content (AvgIpc) is 1.36. The van der Waals surface area contributed by atoms with E-state index in [-0.39, 0.29) is 87.7 Å². The molecule has 0 saturated carbocycles. The van der Waals surface area contributed by atoms with E-state index in [1.807, 2.05) is 13.8 Å². The van der Waals surface area contributed by atoms with E-state index in [4.69, 9.17) is 52.8 Å². The number of nitrogens with two attached hydrogens (primary N) is 2. The monoisotopic (exact) mass is 1290 g/mol. The minimum atomic E-state index is -5.05. The molecule has 2 amide bonds. The summed E-state index contributed by atoms with van der Waals surface area (Å²) in [5.74, 6) is 3.80. The number of aromatic nitrogens is 4. The molecule has 0 unspecified atom stereocenters. The number of rotatable bonds is 22. The van der Waals surface area contributed by atoms with Crippen molar-refractivity contribution in [3.63, 3.8) is 0 Å². The first-order chi connectivity index (χ1) is 40.3. The van der Waals surface area contributed by atoms with Crippen LogP contribution in [0, 0.1) is 24.1 Å². The van der Waals surface area contributed by atoms with Crippen molar-refractivity contribution in [3.8, 4) is 34.1 Å². The van der Waals surface area contributed by atoms with Crippen LogP contribution in [0.1, 0.15) is 79.5 Å². The molecule has 2 bridgehead atoms. The summed E-state index contributed by atoms with van der Waals surface area (Å²) in [5, 5.41) is 26.0. The van der Waals surface area contributed by atoms with Gasteiger partial charge in [0, 0.05) is 23.9 Å². The van der Waals surface area contributed by atoms with Gasteiger partial charge in [0.05, 0.1) is 29.6 Å². The molecule has 6 atom stereocenters. The van der Waals surface area contributed by atoms with Crippen LogP contribution in [0.25, 0.3) is 33.3 Å². The number of hydrogen-bond donors (Lipinski definition) is 5. The Hall–Kier alpha value is -7.35. The normalized spacial score (nSPS) is 18.6. The van der Waals surface area contributed by atoms with Crippen molar-refractivity contribution < 1.29 is 46.5 Å². The molecular weight excluding hydrogens is 1220 g/mol. The van der Waals surface area contributed by atoms with Crippen molar-refractivity contribution in [1.29, 1.82) is 5.41 Å². The van der Waals surface area contributed by atoms with E-state index in [0.29, 0.717) is 57.3 Å². The fourth-order valence-electron chi connectivity index (χ4n) is 11.1. The molecule has 18 nitrogen and oxygen atoms in total. The van der Waals surface area contributed by atoms with Gasteiger partial charge in [-0.3, -0.25) is 14.6 Å². The number of methoxy groups -OCH3 is 1. The fourth-order valence-corrected chi connectivity index (χ4v) is 18.3. The predicted molar refractivity (Wildman–Crippen MR) is 326 cm³/mol. The second-order valence-corrected chi connectivity index (χ2v) is 28.4. The number of amides is 2. The Morgan fingerprint density at radius 2 is 1.85 bits per heavy atom. The number of nitrogens with zero attached hydrogens (tertiary/aromatic N) is 8. The van der Waals surface area contributed by atoms with E-state index in [1.165, 1.54) is 43.7 Å². The molecule has 3 aliphatic rings. The zero-order valence-corrected chi connectivity index (χ0v) is 49.9. The molecule has 2 aromatic heterocycles. The van der Waals surface area contributed by atoms with E-state index >= 15 is 17.6 Å². The summed E-state index contributed by atoms with van der Waals surface area (Å²) in [6.07, 6.45) is 2.81. The number of ether oxygens (including phenoxy) is 3. The van der Waals surface area contributed by atoms with E-state index in [9.17, 15) is 14.7 Å². The standard InChI is InChI=1S/C60H66ClF4IN12O6/c1-7-40(82-6)30-84-59-74-54-41(56(75-59)78-27-38-20-39(78)23-66(38)8-2)21-43(60(63,64)65)51(50-33(5)45(62)22-46(68)42(50)24-67)55(54)83-29-34-11-13-35(14-12-34)47(76-69)26-71-52(32(3)4)58(81)77-19-9-10-49(77)57(80)73-48(28-79)36-15-17-37(18-16-36)53-44(61)25-70-31-72-53/h7,11-18,21-22,24-26,31-32,38-40,48-49,52,67,79H,1,8-10,19-20,23,27-30,68-69H2,2-6H3,(H,73,80)/b67-24?,71-26?,76-47+/t38-,39-,40-,48-,49-,52-/m0/s1. The molecule has 3 saturated heterocycles. The molecule has 9 rings (SSSR count). The zero-order valence-electron chi connectivity index (χ0n) is 47.0. The Labute approximate surface area is 496 Å². The average molecular weight is 1290 g/mol. The molecule has 0 radical (unpaired) electrons. The summed E-state index contributed by atoms with van der Waals surface area (Å²) < 4.78 is 84.4. The van der Waals surface area contributed by atoms with Crippen molar-refractivity contribution in [1.82, 2.24) is 30.2 Å². The van der Waals surface area contributed by atoms with E-state index < -0.39 is 79.7 Å². The zero-order chi connectivity index (χ0) is 60.1. The van der Waals surface area contributed by atoms with Gasteiger partial charge in [0.2, 0.25) is 11.8 Å². The van der Waals surface area contributed by atoms with Crippen LogP contribution in [0.15, 0.2) is 95.9 Å². The quantitative estimate of drug-likeness (QED) is 0.00621. The number of hydrazone groups is 1. The number of alkyl halides is 6. The first kappa shape index (κ1) is 61.2. The van der Waals surface area contributed by atoms with Gasteiger partial charge in [-0.05, 0) is 24.3 Å². The van der Waals surface area contributed by atoms with Gasteiger partial charge in [0.15, 0.2) is 0 Å². The van der Waals surface area contributed by atoms with Crippen LogP contribution < -0.4 is 31.3 Å². The Morgan fingerprint density at radius 1 is 1.10 bits per heavy atom. The molecule has 444 valence electrons. The number of nitrogens with one attached hydrogen (secondary N) is 2. The Bertz CT molecular complexity index is 3500. The van der Waals surface area contributed by atoms with Crippen LogP contribution in [-0.2, 0) is 27.1 Å². The molecule has 7 N–H and O–H groups in total. The molecule has 3 aliphatic heterocycles. The minimum absolute atomic E-state index is 0.0415. The van der Waals surface area contributed by atoms with Crippen molar-refractivity contribution in [3.05, 3.63) is 130 Å². The third kappa shape index (κ3) is 12.7. The number of likely N-dealkylation sites (tertiary alicyclic amines) is 1. The second-order valence-electron chi connectivity index (χ2n) is 21.0. The van der Waals surface area contributed by atoms with Gasteiger partial charge in [-0.15, -0.1) is 0 Å². The first-order valence-corrected chi connectivity index (χ1v) is 32.0. The molecule has 24 heteroatoms. The third-order valence-corrected chi connectivity index (χ3v) is 23.3. The predicted octanol–water partition coefficient (Wildman–Crippen LogP) is 9.70. The number of halogens is 6. The van der Waals surface area contributed by atoms with Gasteiger partial charge in [0.1, 0.15) is 24.1 Å². The van der Waals surface area contributed by atoms with E-state index in [0.717, 1.165) is 39.2 Å². The topological polar surface area (TPSA) is 253 Å². The SMILES string of the molecule is C=C[C@@H](COc1nc(N2C[C@@H]3C[C@H]2CI3CC)c2cc(C(F)(F)F)c(-c3c(C)c(F)cc(N)c3C=N)c(OCc3ccc(/C(C=N[C@H](C(=O)N4CCC[C@H]4C(=O)N[C@@H](CO)c4ccc(-c5ncncc5Cl)cc4)C(C)C)=N/N)cc3)c2n1)OC. The molecule has 6 aromatic rings. The Kier molecular flexibility index (Phi) is 19.2. The van der Waals surface area contributed by atoms with E-state index in [2.05, 4.69) is 43.8 Å². The van der Waals surface area contributed by atoms with Crippen LogP contribution in [-0.4, -0.2) is 130 Å². The summed E-state index contributed by atoms with van der Waals surface area (Å²) in [5.41, 5.74) is 6.60. The van der Waals surface area contributed by atoms with Crippen LogP contribution in [0.3, 0.4) is 0 Å². The summed E-state index contributed by atoms with van der Waals surface area (Å²) in [4.78, 5) is 54.2. The second kappa shape index (κ2) is 26.3. The summed E-state index contributed by atoms with van der Waals surface area (Å²) >= 11 is 4.99. The summed E-state index contributed by atoms with van der Waals surface area (Å²) in [7, 11) is 1.48. The Morgan fingerprint density at radius 3 is 2.46 bits per heavy atom. The van der Waals surface area contributed by atoms with Gasteiger partial charge in [-0.1, -0.05) is 49.7 Å². The van der Waals surface area contributed by atoms with E-state index in [1.54, 1.807) is 48.5 Å². The number of aliphatic imine (C=N–C) groups is 1. The summed E-state index contributed by atoms with van der Waals surface area (Å²) in [6.45, 7) is 11.1. The van der Waals surface area contributed by atoms with Crippen molar-refractivity contribution in [2.45, 2.75) is 93.9 Å². The number of nitrogen functional groups attached to an aromatic ring is 1. The van der Waals surface area contributed by atoms with Crippen LogP contribution in [0.5, 0.6) is 11.8 Å². The van der Waals surface area contributed by atoms with Crippen LogP contribution in [0.2, 0.25) is 5.02 Å². The van der Waals surface area contributed by atoms with Crippen molar-refractivity contribution >= 4 is 83.8 Å². The Balaban J connectivity index is 1.00. The maximum absolute atomic E-state index is 15.9. The first-order valence-electron chi connectivity index (χ1n) is 27.3. The molecule has 0 spiro atoms. The van der Waals surface area contributed by atoms with Crippen molar-refractivity contribution in [2.75, 3.05) is 52.9 Å². The molecule has 84 heavy (non-hydrogen) atoms. The number of carbonyl (C=O) groups excluding carboxylic acids is 2. The fraction of sp³-hybridized carbons (Fsp3) is 0.383. The number of carbonyl (C=O) groups is 2. The van der Waals surface area contributed by atoms with Gasteiger partial charge in [-0.25, -0.2) is 9.97 Å². The number of anilines is 2. The van der Waals surface area contributed by atoms with Crippen molar-refractivity contribution in [2.24, 2.45) is 21.9 Å². The molecular formula is C60H66ClF4IN12O6. The number of hydrogen-bond acceptors (Lipinski definition) is 16. The van der Waals surface area contributed by atoms with Gasteiger partial charge >= 0.3 is 284 Å². The molecule has 5 heterocycles. The van der Waals surface area contributed by atoms with Gasteiger partial charge in [0.25, 0.3) is 0 Å². The molecule has 4 aromatic carbocycles. The number of aliphatic hydroxyl groups excluding tert-OH is 1. The maximum atomic E-state index is 15.9. The van der Waals surface area contributed by atoms with Crippen LogP contribution in [0.4, 0.5) is 29.1 Å². The number of benzene rings is 4.